The van der Waals surface area contributed by atoms with Crippen molar-refractivity contribution in [3.05, 3.63) is 35.4 Å². The fourth-order valence-electron chi connectivity index (χ4n) is 2.34. The zero-order valence-electron chi connectivity index (χ0n) is 12.3. The summed E-state index contributed by atoms with van der Waals surface area (Å²) in [5, 5.41) is 0. The van der Waals surface area contributed by atoms with E-state index in [1.807, 2.05) is 10.3 Å². The topological polar surface area (TPSA) is 78.7 Å². The molecule has 0 radical (unpaired) electrons. The van der Waals surface area contributed by atoms with Crippen LogP contribution in [-0.4, -0.2) is 54.3 Å². The van der Waals surface area contributed by atoms with Gasteiger partial charge >= 0.3 is 6.18 Å². The van der Waals surface area contributed by atoms with Crippen LogP contribution in [0.2, 0.25) is 0 Å². The van der Waals surface area contributed by atoms with Crippen LogP contribution in [0.1, 0.15) is 15.9 Å². The van der Waals surface area contributed by atoms with Gasteiger partial charge in [-0.3, -0.25) is 19.9 Å². The molecule has 1 aromatic carbocycles. The fourth-order valence-corrected chi connectivity index (χ4v) is 2.34. The monoisotopic (exact) mass is 330 g/mol. The van der Waals surface area contributed by atoms with Gasteiger partial charge in [0.05, 0.1) is 12.1 Å². The smallest absolute Gasteiger partial charge is 0.336 e. The van der Waals surface area contributed by atoms with E-state index in [1.54, 1.807) is 4.90 Å². The molecule has 1 saturated heterocycles. The number of hydrazine groups is 1. The quantitative estimate of drug-likeness (QED) is 0.479. The number of carbonyl (C=O) groups excluding carboxylic acids is 2. The molecule has 0 aliphatic carbocycles. The molecule has 6 nitrogen and oxygen atoms in total. The number of alkyl halides is 3. The number of nitrogens with zero attached hydrogens (tertiary/aromatic N) is 2. The molecule has 0 bridgehead atoms. The van der Waals surface area contributed by atoms with Gasteiger partial charge in [-0.2, -0.15) is 13.2 Å². The highest BCUT2D eigenvalue weighted by Gasteiger charge is 2.30. The van der Waals surface area contributed by atoms with Crippen molar-refractivity contribution in [1.29, 1.82) is 0 Å². The van der Waals surface area contributed by atoms with E-state index < -0.39 is 11.7 Å². The van der Waals surface area contributed by atoms with Crippen LogP contribution in [0, 0.1) is 0 Å². The van der Waals surface area contributed by atoms with Gasteiger partial charge in [-0.25, -0.2) is 5.84 Å². The molecule has 23 heavy (non-hydrogen) atoms. The molecule has 0 atom stereocenters. The summed E-state index contributed by atoms with van der Waals surface area (Å²) < 4.78 is 37.5. The summed E-state index contributed by atoms with van der Waals surface area (Å²) in [5.74, 6) is 4.38. The minimum atomic E-state index is -4.42. The third-order valence-corrected chi connectivity index (χ3v) is 3.65. The molecule has 2 amide bonds. The molecule has 1 aliphatic rings. The number of amides is 2. The van der Waals surface area contributed by atoms with Gasteiger partial charge in [0.25, 0.3) is 5.91 Å². The van der Waals surface area contributed by atoms with E-state index in [-0.39, 0.29) is 23.9 Å². The lowest BCUT2D eigenvalue weighted by Crippen LogP contribution is -2.51. The molecule has 0 unspecified atom stereocenters. The van der Waals surface area contributed by atoms with Crippen molar-refractivity contribution in [3.8, 4) is 0 Å². The van der Waals surface area contributed by atoms with Crippen LogP contribution in [0.15, 0.2) is 24.3 Å². The van der Waals surface area contributed by atoms with E-state index in [0.29, 0.717) is 26.2 Å². The average molecular weight is 330 g/mol. The minimum absolute atomic E-state index is 0.152. The maximum atomic E-state index is 12.5. The molecule has 0 aromatic heterocycles. The summed E-state index contributed by atoms with van der Waals surface area (Å²) >= 11 is 0. The minimum Gasteiger partial charge on any atom is -0.336 e. The van der Waals surface area contributed by atoms with Crippen LogP contribution >= 0.6 is 0 Å². The van der Waals surface area contributed by atoms with Gasteiger partial charge in [0.15, 0.2) is 0 Å². The second-order valence-corrected chi connectivity index (χ2v) is 5.21. The number of halogens is 3. The van der Waals surface area contributed by atoms with Gasteiger partial charge < -0.3 is 4.90 Å². The Balaban J connectivity index is 1.93. The van der Waals surface area contributed by atoms with Crippen LogP contribution in [-0.2, 0) is 11.0 Å². The van der Waals surface area contributed by atoms with Gasteiger partial charge in [-0.05, 0) is 24.3 Å². The standard InChI is InChI=1S/C14H17F3N4O2/c15-14(16,17)11-3-1-10(2-4-11)13(23)21-7-5-20(6-8-21)9-12(22)19-18/h1-4H,5-9,18H2,(H,19,22). The molecule has 0 spiro atoms. The number of carbonyl (C=O) groups is 2. The second-order valence-electron chi connectivity index (χ2n) is 5.21. The van der Waals surface area contributed by atoms with Gasteiger partial charge in [-0.1, -0.05) is 0 Å². The maximum absolute atomic E-state index is 12.5. The summed E-state index contributed by atoms with van der Waals surface area (Å²) in [6.07, 6.45) is -4.42. The fraction of sp³-hybridized carbons (Fsp3) is 0.429. The van der Waals surface area contributed by atoms with Gasteiger partial charge in [0.1, 0.15) is 0 Å². The maximum Gasteiger partial charge on any atom is 0.416 e. The summed E-state index contributed by atoms with van der Waals surface area (Å²) in [6.45, 7) is 1.95. The third-order valence-electron chi connectivity index (χ3n) is 3.65. The van der Waals surface area contributed by atoms with Crippen LogP contribution in [0.5, 0.6) is 0 Å². The Kier molecular flexibility index (Phi) is 5.22. The van der Waals surface area contributed by atoms with Crippen molar-refractivity contribution >= 4 is 11.8 Å². The lowest BCUT2D eigenvalue weighted by Gasteiger charge is -2.34. The Morgan fingerprint density at radius 1 is 1.09 bits per heavy atom. The first kappa shape index (κ1) is 17.2. The molecular weight excluding hydrogens is 313 g/mol. The Labute approximate surface area is 131 Å². The molecule has 126 valence electrons. The van der Waals surface area contributed by atoms with Crippen molar-refractivity contribution in [2.45, 2.75) is 6.18 Å². The third kappa shape index (κ3) is 4.42. The summed E-state index contributed by atoms with van der Waals surface area (Å²) in [4.78, 5) is 26.9. The number of hydrogen-bond acceptors (Lipinski definition) is 4. The van der Waals surface area contributed by atoms with Gasteiger partial charge in [-0.15, -0.1) is 0 Å². The SMILES string of the molecule is NNC(=O)CN1CCN(C(=O)c2ccc(C(F)(F)F)cc2)CC1. The first-order valence-electron chi connectivity index (χ1n) is 6.99. The highest BCUT2D eigenvalue weighted by Crippen LogP contribution is 2.29. The Bertz CT molecular complexity index is 566. The average Bonchev–Trinajstić information content (AvgIpc) is 2.54. The molecule has 3 N–H and O–H groups in total. The first-order valence-corrected chi connectivity index (χ1v) is 6.99. The predicted molar refractivity (Wildman–Crippen MR) is 76.1 cm³/mol. The first-order chi connectivity index (χ1) is 10.8. The van der Waals surface area contributed by atoms with E-state index in [4.69, 9.17) is 5.84 Å². The van der Waals surface area contributed by atoms with E-state index in [9.17, 15) is 22.8 Å². The van der Waals surface area contributed by atoms with Crippen LogP contribution in [0.25, 0.3) is 0 Å². The normalized spacial score (nSPS) is 16.3. The van der Waals surface area contributed by atoms with Crippen molar-refractivity contribution < 1.29 is 22.8 Å². The number of nitrogens with two attached hydrogens (primary N) is 1. The zero-order valence-corrected chi connectivity index (χ0v) is 12.3. The molecule has 1 aromatic rings. The molecule has 1 fully saturated rings. The van der Waals surface area contributed by atoms with Crippen molar-refractivity contribution in [3.63, 3.8) is 0 Å². The second kappa shape index (κ2) is 6.97. The Morgan fingerprint density at radius 3 is 2.13 bits per heavy atom. The zero-order chi connectivity index (χ0) is 17.0. The van der Waals surface area contributed by atoms with E-state index in [1.165, 1.54) is 12.1 Å². The van der Waals surface area contributed by atoms with Gasteiger partial charge in [0.2, 0.25) is 5.91 Å². The highest BCUT2D eigenvalue weighted by molar-refractivity contribution is 5.94. The van der Waals surface area contributed by atoms with Crippen LogP contribution in [0.4, 0.5) is 13.2 Å². The van der Waals surface area contributed by atoms with Crippen molar-refractivity contribution in [1.82, 2.24) is 15.2 Å². The summed E-state index contributed by atoms with van der Waals surface area (Å²) in [7, 11) is 0. The lowest BCUT2D eigenvalue weighted by molar-refractivity contribution is -0.137. The molecule has 2 rings (SSSR count). The number of nitrogens with one attached hydrogen (secondary N) is 1. The van der Waals surface area contributed by atoms with Crippen LogP contribution in [0.3, 0.4) is 0 Å². The highest BCUT2D eigenvalue weighted by atomic mass is 19.4. The molecule has 1 heterocycles. The summed E-state index contributed by atoms with van der Waals surface area (Å²) in [6, 6.07) is 4.16. The summed E-state index contributed by atoms with van der Waals surface area (Å²) in [5.41, 5.74) is 1.47. The van der Waals surface area contributed by atoms with Crippen molar-refractivity contribution in [2.75, 3.05) is 32.7 Å². The number of hydrogen-bond donors (Lipinski definition) is 2. The number of rotatable bonds is 3. The van der Waals surface area contributed by atoms with E-state index >= 15 is 0 Å². The predicted octanol–water partition coefficient (Wildman–Crippen LogP) is 0.453. The largest absolute Gasteiger partial charge is 0.416 e. The Morgan fingerprint density at radius 2 is 1.65 bits per heavy atom. The molecule has 1 aliphatic heterocycles. The number of benzene rings is 1. The van der Waals surface area contributed by atoms with Gasteiger partial charge in [0, 0.05) is 31.7 Å². The Hall–Kier alpha value is -2.13. The molecule has 0 saturated carbocycles. The number of piperazine rings is 1. The van der Waals surface area contributed by atoms with E-state index in [2.05, 4.69) is 0 Å². The lowest BCUT2D eigenvalue weighted by atomic mass is 10.1. The van der Waals surface area contributed by atoms with E-state index in [0.717, 1.165) is 12.1 Å². The molecule has 9 heteroatoms. The molecular formula is C14H17F3N4O2. The van der Waals surface area contributed by atoms with Crippen molar-refractivity contribution in [2.24, 2.45) is 5.84 Å². The van der Waals surface area contributed by atoms with Crippen LogP contribution < -0.4 is 11.3 Å².